The minimum Gasteiger partial charge on any atom is -0.324 e. The fourth-order valence-corrected chi connectivity index (χ4v) is 4.76. The average Bonchev–Trinajstić information content (AvgIpc) is 2.98. The predicted octanol–water partition coefficient (Wildman–Crippen LogP) is 7.04. The van der Waals surface area contributed by atoms with Crippen LogP contribution in [-0.4, -0.2) is 28.4 Å². The van der Waals surface area contributed by atoms with Crippen molar-refractivity contribution in [1.82, 2.24) is 5.32 Å². The van der Waals surface area contributed by atoms with Crippen molar-refractivity contribution in [3.8, 4) is 0 Å². The zero-order chi connectivity index (χ0) is 30.1. The molecular weight excluding hydrogens is 599 g/mol. The van der Waals surface area contributed by atoms with E-state index in [9.17, 15) is 24.5 Å². The van der Waals surface area contributed by atoms with Crippen LogP contribution in [0.4, 0.5) is 17.1 Å². The first-order valence-corrected chi connectivity index (χ1v) is 14.0. The number of hydrogen-bond acceptors (Lipinski definition) is 6. The first-order valence-electron chi connectivity index (χ1n) is 12.3. The molecule has 0 aliphatic rings. The summed E-state index contributed by atoms with van der Waals surface area (Å²) in [6, 6.07) is 25.6. The Kier molecular flexibility index (Phi) is 10.3. The molecule has 0 aliphatic carbocycles. The van der Waals surface area contributed by atoms with Crippen LogP contribution in [0.5, 0.6) is 0 Å². The van der Waals surface area contributed by atoms with Crippen LogP contribution in [0.15, 0.2) is 108 Å². The highest BCUT2D eigenvalue weighted by Crippen LogP contribution is 2.27. The quantitative estimate of drug-likeness (QED) is 0.0754. The summed E-state index contributed by atoms with van der Waals surface area (Å²) < 4.78 is 0. The summed E-state index contributed by atoms with van der Waals surface area (Å²) >= 11 is 13.3. The number of benzene rings is 4. The lowest BCUT2D eigenvalue weighted by atomic mass is 10.1. The maximum absolute atomic E-state index is 13.3. The van der Waals surface area contributed by atoms with Crippen molar-refractivity contribution in [1.29, 1.82) is 0 Å². The normalized spacial score (nSPS) is 11.0. The lowest BCUT2D eigenvalue weighted by molar-refractivity contribution is -0.385. The fraction of sp³-hybridized carbons (Fsp3) is 0.0333. The smallest absolute Gasteiger partial charge is 0.276 e. The van der Waals surface area contributed by atoms with Crippen LogP contribution >= 0.6 is 35.0 Å². The molecule has 3 N–H and O–H groups in total. The van der Waals surface area contributed by atoms with E-state index in [1.807, 2.05) is 0 Å². The van der Waals surface area contributed by atoms with Crippen molar-refractivity contribution in [3.63, 3.8) is 0 Å². The van der Waals surface area contributed by atoms with Gasteiger partial charge in [-0.2, -0.15) is 0 Å². The zero-order valence-electron chi connectivity index (χ0n) is 21.7. The van der Waals surface area contributed by atoms with Gasteiger partial charge in [0.15, 0.2) is 0 Å². The minimum atomic E-state index is -0.701. The molecule has 0 fully saturated rings. The van der Waals surface area contributed by atoms with Crippen molar-refractivity contribution < 1.29 is 19.3 Å². The third-order valence-corrected chi connectivity index (χ3v) is 7.18. The number of anilines is 2. The van der Waals surface area contributed by atoms with Gasteiger partial charge in [-0.05, 0) is 60.7 Å². The number of nitrogens with zero attached hydrogens (tertiary/aromatic N) is 1. The summed E-state index contributed by atoms with van der Waals surface area (Å²) in [7, 11) is 0. The number of nitro groups is 1. The van der Waals surface area contributed by atoms with Crippen LogP contribution in [0.1, 0.15) is 15.9 Å². The predicted molar refractivity (Wildman–Crippen MR) is 166 cm³/mol. The van der Waals surface area contributed by atoms with E-state index in [2.05, 4.69) is 16.0 Å². The molecule has 0 radical (unpaired) electrons. The number of para-hydroxylation sites is 1. The molecule has 0 spiro atoms. The Balaban J connectivity index is 1.50. The monoisotopic (exact) mass is 620 g/mol. The Morgan fingerprint density at radius 2 is 1.60 bits per heavy atom. The van der Waals surface area contributed by atoms with Gasteiger partial charge in [-0.3, -0.25) is 24.5 Å². The van der Waals surface area contributed by atoms with Crippen LogP contribution < -0.4 is 16.0 Å². The van der Waals surface area contributed by atoms with Gasteiger partial charge in [0, 0.05) is 27.2 Å². The molecule has 4 aromatic carbocycles. The molecule has 4 rings (SSSR count). The van der Waals surface area contributed by atoms with Crippen LogP contribution in [-0.2, 0) is 9.59 Å². The maximum atomic E-state index is 13.3. The Morgan fingerprint density at radius 1 is 0.857 bits per heavy atom. The fourth-order valence-electron chi connectivity index (χ4n) is 3.66. The topological polar surface area (TPSA) is 130 Å². The number of hydrogen-bond donors (Lipinski definition) is 3. The van der Waals surface area contributed by atoms with Gasteiger partial charge in [0.25, 0.3) is 17.5 Å². The SMILES string of the molecule is O=C(CSc1cccc(NC(=O)/C(=C\c2ccccc2[N+](=O)[O-])NC(=O)c2ccccc2)c1)Nc1cc(Cl)ccc1Cl. The second kappa shape index (κ2) is 14.3. The number of halogens is 2. The van der Waals surface area contributed by atoms with E-state index in [-0.39, 0.29) is 28.6 Å². The van der Waals surface area contributed by atoms with E-state index in [0.717, 1.165) is 0 Å². The number of rotatable bonds is 10. The van der Waals surface area contributed by atoms with Crippen molar-refractivity contribution in [2.24, 2.45) is 0 Å². The molecule has 0 unspecified atom stereocenters. The molecule has 0 heterocycles. The number of amides is 3. The lowest BCUT2D eigenvalue weighted by Gasteiger charge is -2.12. The lowest BCUT2D eigenvalue weighted by Crippen LogP contribution is -2.30. The van der Waals surface area contributed by atoms with Crippen LogP contribution in [0.25, 0.3) is 6.08 Å². The molecule has 212 valence electrons. The van der Waals surface area contributed by atoms with Crippen molar-refractivity contribution >= 4 is 75.8 Å². The third-order valence-electron chi connectivity index (χ3n) is 5.63. The second-order valence-corrected chi connectivity index (χ2v) is 10.5. The molecule has 0 aromatic heterocycles. The number of thioether (sulfide) groups is 1. The molecule has 0 bridgehead atoms. The molecular formula is C30H22Cl2N4O5S. The van der Waals surface area contributed by atoms with Gasteiger partial charge in [0.05, 0.1) is 26.9 Å². The first-order chi connectivity index (χ1) is 20.2. The molecule has 12 heteroatoms. The summed E-state index contributed by atoms with van der Waals surface area (Å²) in [5.41, 5.74) is 0.782. The Hall–Kier alpha value is -4.64. The maximum Gasteiger partial charge on any atom is 0.276 e. The summed E-state index contributed by atoms with van der Waals surface area (Å²) in [5.74, 6) is -1.52. The van der Waals surface area contributed by atoms with E-state index in [0.29, 0.717) is 31.9 Å². The molecule has 0 saturated heterocycles. The van der Waals surface area contributed by atoms with E-state index in [4.69, 9.17) is 23.2 Å². The Labute approximate surface area is 255 Å². The second-order valence-electron chi connectivity index (χ2n) is 8.64. The molecule has 42 heavy (non-hydrogen) atoms. The highest BCUT2D eigenvalue weighted by Gasteiger charge is 2.18. The summed E-state index contributed by atoms with van der Waals surface area (Å²) in [6.45, 7) is 0. The standard InChI is InChI=1S/C30H22Cl2N4O5S/c31-21-13-14-24(32)25(16-21)34-28(37)18-42-23-11-6-10-22(17-23)33-30(39)26(35-29(38)19-7-2-1-3-8-19)15-20-9-4-5-12-27(20)36(40)41/h1-17H,18H2,(H,33,39)(H,34,37)(H,35,38)/b26-15+. The van der Waals surface area contributed by atoms with E-state index in [1.54, 1.807) is 78.9 Å². The molecule has 0 aliphatic heterocycles. The number of carbonyl (C=O) groups excluding carboxylic acids is 3. The average molecular weight is 622 g/mol. The summed E-state index contributed by atoms with van der Waals surface area (Å²) in [4.78, 5) is 50.3. The summed E-state index contributed by atoms with van der Waals surface area (Å²) in [5, 5.41) is 20.3. The first kappa shape index (κ1) is 30.3. The van der Waals surface area contributed by atoms with E-state index < -0.39 is 16.7 Å². The number of nitrogens with one attached hydrogen (secondary N) is 3. The molecule has 0 saturated carbocycles. The summed E-state index contributed by atoms with van der Waals surface area (Å²) in [6.07, 6.45) is 1.25. The highest BCUT2D eigenvalue weighted by atomic mass is 35.5. The van der Waals surface area contributed by atoms with Crippen molar-refractivity contribution in [2.45, 2.75) is 4.90 Å². The van der Waals surface area contributed by atoms with Crippen LogP contribution in [0.3, 0.4) is 0 Å². The van der Waals surface area contributed by atoms with Gasteiger partial charge in [0.1, 0.15) is 5.70 Å². The number of carbonyl (C=O) groups is 3. The van der Waals surface area contributed by atoms with Gasteiger partial charge < -0.3 is 16.0 Å². The van der Waals surface area contributed by atoms with Gasteiger partial charge >= 0.3 is 0 Å². The van der Waals surface area contributed by atoms with Gasteiger partial charge in [-0.1, -0.05) is 59.6 Å². The van der Waals surface area contributed by atoms with Gasteiger partial charge in [0.2, 0.25) is 5.91 Å². The van der Waals surface area contributed by atoms with E-state index in [1.165, 1.54) is 36.0 Å². The minimum absolute atomic E-state index is 0.0518. The molecule has 4 aromatic rings. The number of nitro benzene ring substituents is 1. The van der Waals surface area contributed by atoms with Gasteiger partial charge in [-0.25, -0.2) is 0 Å². The zero-order valence-corrected chi connectivity index (χ0v) is 24.0. The van der Waals surface area contributed by atoms with Crippen molar-refractivity contribution in [2.75, 3.05) is 16.4 Å². The Bertz CT molecular complexity index is 1680. The molecule has 3 amide bonds. The molecule has 9 nitrogen and oxygen atoms in total. The van der Waals surface area contributed by atoms with Crippen LogP contribution in [0.2, 0.25) is 10.0 Å². The van der Waals surface area contributed by atoms with Gasteiger partial charge in [-0.15, -0.1) is 11.8 Å². The van der Waals surface area contributed by atoms with Crippen LogP contribution in [0, 0.1) is 10.1 Å². The largest absolute Gasteiger partial charge is 0.324 e. The Morgan fingerprint density at radius 3 is 2.36 bits per heavy atom. The van der Waals surface area contributed by atoms with E-state index >= 15 is 0 Å². The molecule has 0 atom stereocenters. The highest BCUT2D eigenvalue weighted by molar-refractivity contribution is 8.00. The van der Waals surface area contributed by atoms with Crippen molar-refractivity contribution in [3.05, 3.63) is 134 Å². The third kappa shape index (κ3) is 8.43.